The standard InChI is InChI=1S/C24H27N3O4/c1-3-6-21(28)25-22-19-7-4-5-8-20(19)31-23(22)24(29)27-15-13-26(14-16-27)17-9-11-18(30-2)12-10-17/h4-5,7-12H,3,6,13-16H2,1-2H3,(H,25,28). The molecule has 1 N–H and O–H groups in total. The van der Waals surface area contributed by atoms with Crippen LogP contribution in [0.1, 0.15) is 30.3 Å². The predicted octanol–water partition coefficient (Wildman–Crippen LogP) is 4.14. The third kappa shape index (κ3) is 4.35. The Kier molecular flexibility index (Phi) is 6.11. The van der Waals surface area contributed by atoms with Crippen LogP contribution in [0.4, 0.5) is 11.4 Å². The molecule has 2 aromatic carbocycles. The molecular formula is C24H27N3O4. The van der Waals surface area contributed by atoms with E-state index in [0.29, 0.717) is 30.8 Å². The SMILES string of the molecule is CCCC(=O)Nc1c(C(=O)N2CCN(c3ccc(OC)cc3)CC2)oc2ccccc12. The molecule has 4 rings (SSSR count). The van der Waals surface area contributed by atoms with Crippen molar-refractivity contribution in [1.29, 1.82) is 0 Å². The molecular weight excluding hydrogens is 394 g/mol. The van der Waals surface area contributed by atoms with Crippen molar-refractivity contribution in [2.45, 2.75) is 19.8 Å². The molecule has 0 atom stereocenters. The van der Waals surface area contributed by atoms with E-state index in [4.69, 9.17) is 9.15 Å². The lowest BCUT2D eigenvalue weighted by atomic mass is 10.2. The number of ether oxygens (including phenoxy) is 1. The minimum Gasteiger partial charge on any atom is -0.497 e. The molecule has 0 aliphatic carbocycles. The largest absolute Gasteiger partial charge is 0.497 e. The van der Waals surface area contributed by atoms with Crippen molar-refractivity contribution < 1.29 is 18.7 Å². The average molecular weight is 421 g/mol. The first-order chi connectivity index (χ1) is 15.1. The number of nitrogens with one attached hydrogen (secondary N) is 1. The number of nitrogens with zero attached hydrogens (tertiary/aromatic N) is 2. The summed E-state index contributed by atoms with van der Waals surface area (Å²) < 4.78 is 11.1. The summed E-state index contributed by atoms with van der Waals surface area (Å²) in [5.41, 5.74) is 2.16. The molecule has 0 bridgehead atoms. The second-order valence-electron chi connectivity index (χ2n) is 7.58. The number of benzene rings is 2. The maximum atomic E-state index is 13.3. The summed E-state index contributed by atoms with van der Waals surface area (Å²) in [4.78, 5) is 29.6. The summed E-state index contributed by atoms with van der Waals surface area (Å²) >= 11 is 0. The fourth-order valence-corrected chi connectivity index (χ4v) is 3.85. The van der Waals surface area contributed by atoms with Crippen LogP contribution >= 0.6 is 0 Å². The van der Waals surface area contributed by atoms with Crippen LogP contribution in [-0.4, -0.2) is 50.0 Å². The first-order valence-electron chi connectivity index (χ1n) is 10.6. The Bertz CT molecular complexity index is 1070. The van der Waals surface area contributed by atoms with Gasteiger partial charge in [0.15, 0.2) is 0 Å². The molecule has 0 radical (unpaired) electrons. The molecule has 0 saturated carbocycles. The Morgan fingerprint density at radius 3 is 2.42 bits per heavy atom. The van der Waals surface area contributed by atoms with Crippen LogP contribution in [0.15, 0.2) is 52.9 Å². The minimum atomic E-state index is -0.197. The summed E-state index contributed by atoms with van der Waals surface area (Å²) in [6.45, 7) is 4.53. The van der Waals surface area contributed by atoms with Crippen molar-refractivity contribution in [2.24, 2.45) is 0 Å². The van der Waals surface area contributed by atoms with Crippen molar-refractivity contribution >= 4 is 34.2 Å². The molecule has 1 fully saturated rings. The van der Waals surface area contributed by atoms with E-state index >= 15 is 0 Å². The van der Waals surface area contributed by atoms with Gasteiger partial charge < -0.3 is 24.3 Å². The third-order valence-corrected chi connectivity index (χ3v) is 5.54. The monoisotopic (exact) mass is 421 g/mol. The number of hydrogen-bond acceptors (Lipinski definition) is 5. The van der Waals surface area contributed by atoms with E-state index in [1.54, 1.807) is 12.0 Å². The van der Waals surface area contributed by atoms with Gasteiger partial charge in [0.2, 0.25) is 11.7 Å². The van der Waals surface area contributed by atoms with E-state index in [1.807, 2.05) is 55.5 Å². The lowest BCUT2D eigenvalue weighted by molar-refractivity contribution is -0.116. The van der Waals surface area contributed by atoms with E-state index in [-0.39, 0.29) is 17.6 Å². The number of amides is 2. The van der Waals surface area contributed by atoms with Crippen LogP contribution in [0, 0.1) is 0 Å². The number of carbonyl (C=O) groups is 2. The van der Waals surface area contributed by atoms with Gasteiger partial charge in [0.1, 0.15) is 17.0 Å². The first-order valence-corrected chi connectivity index (χ1v) is 10.6. The van der Waals surface area contributed by atoms with Gasteiger partial charge in [-0.15, -0.1) is 0 Å². The maximum Gasteiger partial charge on any atom is 0.291 e. The molecule has 1 aliphatic rings. The van der Waals surface area contributed by atoms with Gasteiger partial charge in [-0.05, 0) is 42.8 Å². The minimum absolute atomic E-state index is 0.118. The van der Waals surface area contributed by atoms with Crippen molar-refractivity contribution in [3.63, 3.8) is 0 Å². The number of hydrogen-bond donors (Lipinski definition) is 1. The van der Waals surface area contributed by atoms with Crippen LogP contribution in [0.25, 0.3) is 11.0 Å². The van der Waals surface area contributed by atoms with Gasteiger partial charge in [0.25, 0.3) is 5.91 Å². The van der Waals surface area contributed by atoms with Crippen LogP contribution in [0.5, 0.6) is 5.75 Å². The summed E-state index contributed by atoms with van der Waals surface area (Å²) in [5.74, 6) is 0.702. The second-order valence-corrected chi connectivity index (χ2v) is 7.58. The second kappa shape index (κ2) is 9.12. The highest BCUT2D eigenvalue weighted by molar-refractivity contribution is 6.10. The quantitative estimate of drug-likeness (QED) is 0.647. The van der Waals surface area contributed by atoms with E-state index in [2.05, 4.69) is 10.2 Å². The Labute approximate surface area is 181 Å². The van der Waals surface area contributed by atoms with Gasteiger partial charge >= 0.3 is 0 Å². The Balaban J connectivity index is 1.51. The van der Waals surface area contributed by atoms with Crippen molar-refractivity contribution in [2.75, 3.05) is 43.5 Å². The molecule has 1 aliphatic heterocycles. The smallest absolute Gasteiger partial charge is 0.291 e. The zero-order valence-electron chi connectivity index (χ0n) is 17.9. The van der Waals surface area contributed by atoms with Crippen LogP contribution in [0.3, 0.4) is 0 Å². The molecule has 162 valence electrons. The van der Waals surface area contributed by atoms with Gasteiger partial charge in [-0.2, -0.15) is 0 Å². The molecule has 31 heavy (non-hydrogen) atoms. The molecule has 0 unspecified atom stereocenters. The lowest BCUT2D eigenvalue weighted by Gasteiger charge is -2.35. The summed E-state index contributed by atoms with van der Waals surface area (Å²) in [6.07, 6.45) is 1.13. The van der Waals surface area contributed by atoms with Crippen LogP contribution in [-0.2, 0) is 4.79 Å². The molecule has 2 heterocycles. The molecule has 7 nitrogen and oxygen atoms in total. The summed E-state index contributed by atoms with van der Waals surface area (Å²) in [6, 6.07) is 15.3. The number of anilines is 2. The third-order valence-electron chi connectivity index (χ3n) is 5.54. The Morgan fingerprint density at radius 2 is 1.74 bits per heavy atom. The van der Waals surface area contributed by atoms with Crippen LogP contribution in [0.2, 0.25) is 0 Å². The van der Waals surface area contributed by atoms with Gasteiger partial charge in [-0.25, -0.2) is 0 Å². The van der Waals surface area contributed by atoms with Gasteiger partial charge in [-0.3, -0.25) is 9.59 Å². The molecule has 1 saturated heterocycles. The van der Waals surface area contributed by atoms with E-state index in [9.17, 15) is 9.59 Å². The first kappa shape index (κ1) is 20.8. The zero-order chi connectivity index (χ0) is 21.8. The average Bonchev–Trinajstić information content (AvgIpc) is 3.17. The van der Waals surface area contributed by atoms with Gasteiger partial charge in [0, 0.05) is 43.7 Å². The Morgan fingerprint density at radius 1 is 1.03 bits per heavy atom. The Hall–Kier alpha value is -3.48. The fourth-order valence-electron chi connectivity index (χ4n) is 3.85. The van der Waals surface area contributed by atoms with E-state index in [0.717, 1.165) is 36.3 Å². The zero-order valence-corrected chi connectivity index (χ0v) is 17.9. The molecule has 2 amide bonds. The number of methoxy groups -OCH3 is 1. The number of fused-ring (bicyclic) bond motifs is 1. The fraction of sp³-hybridized carbons (Fsp3) is 0.333. The predicted molar refractivity (Wildman–Crippen MR) is 121 cm³/mol. The van der Waals surface area contributed by atoms with E-state index in [1.165, 1.54) is 0 Å². The summed E-state index contributed by atoms with van der Waals surface area (Å²) in [5, 5.41) is 3.64. The highest BCUT2D eigenvalue weighted by Gasteiger charge is 2.29. The van der Waals surface area contributed by atoms with Gasteiger partial charge in [-0.1, -0.05) is 19.1 Å². The van der Waals surface area contributed by atoms with Gasteiger partial charge in [0.05, 0.1) is 7.11 Å². The number of rotatable bonds is 6. The highest BCUT2D eigenvalue weighted by atomic mass is 16.5. The number of para-hydroxylation sites is 1. The molecule has 0 spiro atoms. The van der Waals surface area contributed by atoms with Crippen LogP contribution < -0.4 is 15.0 Å². The maximum absolute atomic E-state index is 13.3. The van der Waals surface area contributed by atoms with Crippen molar-refractivity contribution in [1.82, 2.24) is 4.90 Å². The number of piperazine rings is 1. The lowest BCUT2D eigenvalue weighted by Crippen LogP contribution is -2.48. The normalized spacial score (nSPS) is 14.0. The molecule has 1 aromatic heterocycles. The molecule has 7 heteroatoms. The topological polar surface area (TPSA) is 75.0 Å². The van der Waals surface area contributed by atoms with Crippen molar-refractivity contribution in [3.05, 3.63) is 54.3 Å². The summed E-state index contributed by atoms with van der Waals surface area (Å²) in [7, 11) is 1.65. The highest BCUT2D eigenvalue weighted by Crippen LogP contribution is 2.32. The molecule has 3 aromatic rings. The number of furan rings is 1. The van der Waals surface area contributed by atoms with E-state index < -0.39 is 0 Å². The van der Waals surface area contributed by atoms with Crippen molar-refractivity contribution in [3.8, 4) is 5.75 Å². The number of carbonyl (C=O) groups excluding carboxylic acids is 2.